The fourth-order valence-electron chi connectivity index (χ4n) is 9.43. The molecule has 4 aromatic rings. The molecule has 7 rings (SSSR count). The Bertz CT molecular complexity index is 1330. The molecule has 40 heavy (non-hydrogen) atoms. The average Bonchev–Trinajstić information content (AvgIpc) is 3.75. The Morgan fingerprint density at radius 3 is 1.27 bits per heavy atom. The number of rotatable bonds is 8. The van der Waals surface area contributed by atoms with Gasteiger partial charge < -0.3 is 9.05 Å². The second-order valence-electron chi connectivity index (χ2n) is 12.1. The molecule has 3 fully saturated rings. The van der Waals surface area contributed by atoms with Crippen molar-refractivity contribution in [3.8, 4) is 0 Å². The Kier molecular flexibility index (Phi) is 7.18. The highest BCUT2D eigenvalue weighted by atomic mass is 31.0. The van der Waals surface area contributed by atoms with Crippen LogP contribution in [0.25, 0.3) is 0 Å². The van der Waals surface area contributed by atoms with Gasteiger partial charge in [-0.2, -0.15) is 0 Å². The van der Waals surface area contributed by atoms with Gasteiger partial charge in [-0.1, -0.05) is 121 Å². The summed E-state index contributed by atoms with van der Waals surface area (Å²) in [6.45, 7) is 0. The van der Waals surface area contributed by atoms with Crippen LogP contribution < -0.4 is 0 Å². The summed E-state index contributed by atoms with van der Waals surface area (Å²) in [6.07, 6.45) is 4.95. The minimum absolute atomic E-state index is 0.381. The second kappa shape index (κ2) is 10.8. The topological polar surface area (TPSA) is 18.5 Å². The van der Waals surface area contributed by atoms with Gasteiger partial charge in [0.05, 0.1) is 0 Å². The molecule has 0 amide bonds. The fourth-order valence-corrected chi connectivity index (χ4v) is 10.3. The highest BCUT2D eigenvalue weighted by Gasteiger charge is 2.65. The SMILES string of the molecule is POC(c1ccccc1)(c1ccccc1)[C@@H]1C[C@@H]2C[C@@H]1[C@H]1[C@@H]2CC[C@@H]1C(OP)(c1ccccc1)c1ccccc1. The van der Waals surface area contributed by atoms with Crippen molar-refractivity contribution >= 4 is 18.9 Å². The van der Waals surface area contributed by atoms with Crippen molar-refractivity contribution in [1.29, 1.82) is 0 Å². The van der Waals surface area contributed by atoms with Crippen LogP contribution in [0.5, 0.6) is 0 Å². The van der Waals surface area contributed by atoms with Gasteiger partial charge in [-0.15, -0.1) is 0 Å². The summed E-state index contributed by atoms with van der Waals surface area (Å²) < 4.78 is 13.4. The minimum Gasteiger partial charge on any atom is -0.350 e. The van der Waals surface area contributed by atoms with Crippen LogP contribution in [0.15, 0.2) is 121 Å². The zero-order chi connectivity index (χ0) is 27.2. The predicted molar refractivity (Wildman–Crippen MR) is 168 cm³/mol. The van der Waals surface area contributed by atoms with Crippen molar-refractivity contribution in [1.82, 2.24) is 0 Å². The van der Waals surface area contributed by atoms with E-state index in [0.29, 0.717) is 23.7 Å². The van der Waals surface area contributed by atoms with E-state index in [1.807, 2.05) is 0 Å². The van der Waals surface area contributed by atoms with Crippen molar-refractivity contribution in [2.45, 2.75) is 36.9 Å². The van der Waals surface area contributed by atoms with E-state index in [1.165, 1.54) is 47.9 Å². The van der Waals surface area contributed by atoms with Gasteiger partial charge in [0.1, 0.15) is 11.2 Å². The van der Waals surface area contributed by atoms with Gasteiger partial charge in [0.15, 0.2) is 0 Å². The molecule has 0 aliphatic heterocycles. The summed E-state index contributed by atoms with van der Waals surface area (Å²) in [4.78, 5) is 0. The summed E-state index contributed by atoms with van der Waals surface area (Å²) in [7, 11) is 5.36. The highest BCUT2D eigenvalue weighted by molar-refractivity contribution is 7.10. The van der Waals surface area contributed by atoms with Crippen molar-refractivity contribution in [2.75, 3.05) is 0 Å². The Morgan fingerprint density at radius 2 is 0.875 bits per heavy atom. The lowest BCUT2D eigenvalue weighted by Gasteiger charge is -2.49. The first-order valence-electron chi connectivity index (χ1n) is 14.7. The maximum atomic E-state index is 6.71. The lowest BCUT2D eigenvalue weighted by Crippen LogP contribution is -2.47. The molecule has 3 aliphatic rings. The van der Waals surface area contributed by atoms with Crippen molar-refractivity contribution in [2.24, 2.45) is 35.5 Å². The molecule has 4 heteroatoms. The molecular weight excluding hydrogens is 526 g/mol. The molecule has 0 N–H and O–H groups in total. The maximum absolute atomic E-state index is 6.71. The second-order valence-corrected chi connectivity index (χ2v) is 12.6. The van der Waals surface area contributed by atoms with Crippen LogP contribution in [0.1, 0.15) is 47.9 Å². The summed E-state index contributed by atoms with van der Waals surface area (Å²) in [5.41, 5.74) is 3.99. The van der Waals surface area contributed by atoms with E-state index in [2.05, 4.69) is 140 Å². The molecule has 0 heterocycles. The standard InChI is InChI=1S/C36H38O2P2/c39-37-35(26-13-5-1-6-14-26,27-15-7-2-8-16-27)32-22-21-30-25-23-31(34(30)32)33(24-25)36(38-40,28-17-9-3-10-18-28)29-19-11-4-12-20-29/h1-20,25,30-34H,21-24,39-40H2/t25-,30+,31-,32-,33+,34+/m0/s1. The number of hydrogen-bond donors (Lipinski definition) is 0. The largest absolute Gasteiger partial charge is 0.350 e. The molecule has 2 bridgehead atoms. The van der Waals surface area contributed by atoms with E-state index in [0.717, 1.165) is 11.8 Å². The molecule has 0 aromatic heterocycles. The molecule has 204 valence electrons. The first-order chi connectivity index (χ1) is 19.7. The molecular formula is C36H38O2P2. The third-order valence-electron chi connectivity index (χ3n) is 10.7. The van der Waals surface area contributed by atoms with E-state index < -0.39 is 11.2 Å². The van der Waals surface area contributed by atoms with Gasteiger partial charge in [-0.25, -0.2) is 0 Å². The summed E-state index contributed by atoms with van der Waals surface area (Å²) in [6, 6.07) is 43.8. The zero-order valence-corrected chi connectivity index (χ0v) is 25.1. The first-order valence-corrected chi connectivity index (χ1v) is 15.7. The van der Waals surface area contributed by atoms with Crippen LogP contribution in [-0.4, -0.2) is 0 Å². The lowest BCUT2D eigenvalue weighted by molar-refractivity contribution is -0.0335. The molecule has 2 nitrogen and oxygen atoms in total. The predicted octanol–water partition coefficient (Wildman–Crippen LogP) is 8.79. The third-order valence-corrected chi connectivity index (χ3v) is 11.5. The normalized spacial score (nSPS) is 27.6. The van der Waals surface area contributed by atoms with E-state index in [9.17, 15) is 0 Å². The summed E-state index contributed by atoms with van der Waals surface area (Å²) >= 11 is 0. The van der Waals surface area contributed by atoms with E-state index in [-0.39, 0.29) is 0 Å². The molecule has 0 saturated heterocycles. The van der Waals surface area contributed by atoms with Crippen molar-refractivity contribution < 1.29 is 9.05 Å². The highest BCUT2D eigenvalue weighted by Crippen LogP contribution is 2.70. The average molecular weight is 565 g/mol. The molecule has 3 aliphatic carbocycles. The molecule has 0 radical (unpaired) electrons. The third kappa shape index (κ3) is 3.91. The fraction of sp³-hybridized carbons (Fsp3) is 0.333. The minimum atomic E-state index is -0.508. The molecule has 2 unspecified atom stereocenters. The smallest absolute Gasteiger partial charge is 0.125 e. The van der Waals surface area contributed by atoms with E-state index in [4.69, 9.17) is 9.05 Å². The van der Waals surface area contributed by atoms with Crippen LogP contribution in [0.2, 0.25) is 0 Å². The number of fused-ring (bicyclic) bond motifs is 5. The van der Waals surface area contributed by atoms with Gasteiger partial charge in [0, 0.05) is 30.8 Å². The van der Waals surface area contributed by atoms with E-state index >= 15 is 0 Å². The molecule has 8 atom stereocenters. The van der Waals surface area contributed by atoms with Gasteiger partial charge in [0.2, 0.25) is 0 Å². The van der Waals surface area contributed by atoms with Gasteiger partial charge in [-0.05, 0) is 71.6 Å². The van der Waals surface area contributed by atoms with Gasteiger partial charge in [0.25, 0.3) is 0 Å². The van der Waals surface area contributed by atoms with Crippen LogP contribution >= 0.6 is 18.9 Å². The van der Waals surface area contributed by atoms with E-state index in [1.54, 1.807) is 0 Å². The number of benzene rings is 4. The molecule has 3 saturated carbocycles. The Labute approximate surface area is 243 Å². The maximum Gasteiger partial charge on any atom is 0.125 e. The molecule has 0 spiro atoms. The summed E-state index contributed by atoms with van der Waals surface area (Å²) in [5, 5.41) is 0. The zero-order valence-electron chi connectivity index (χ0n) is 22.8. The van der Waals surface area contributed by atoms with Crippen LogP contribution in [-0.2, 0) is 20.2 Å². The van der Waals surface area contributed by atoms with Crippen LogP contribution in [0.4, 0.5) is 0 Å². The van der Waals surface area contributed by atoms with Crippen LogP contribution in [0, 0.1) is 35.5 Å². The quantitative estimate of drug-likeness (QED) is 0.199. The van der Waals surface area contributed by atoms with Crippen molar-refractivity contribution in [3.63, 3.8) is 0 Å². The van der Waals surface area contributed by atoms with Gasteiger partial charge in [-0.3, -0.25) is 0 Å². The lowest BCUT2D eigenvalue weighted by atomic mass is 9.60. The van der Waals surface area contributed by atoms with Crippen LogP contribution in [0.3, 0.4) is 0 Å². The van der Waals surface area contributed by atoms with Gasteiger partial charge >= 0.3 is 0 Å². The Hall–Kier alpha value is -2.34. The first kappa shape index (κ1) is 26.6. The molecule has 4 aromatic carbocycles. The van der Waals surface area contributed by atoms with Crippen molar-refractivity contribution in [3.05, 3.63) is 144 Å². The number of hydrogen-bond acceptors (Lipinski definition) is 2. The Balaban J connectivity index is 1.37. The summed E-state index contributed by atoms with van der Waals surface area (Å²) in [5.74, 6) is 3.35. The Morgan fingerprint density at radius 1 is 0.475 bits per heavy atom. The monoisotopic (exact) mass is 564 g/mol.